The number of rotatable bonds is 2. The fourth-order valence-electron chi connectivity index (χ4n) is 1.82. The molecule has 1 aromatic carbocycles. The Morgan fingerprint density at radius 1 is 1.12 bits per heavy atom. The molecule has 1 saturated heterocycles. The third-order valence-electron chi connectivity index (χ3n) is 2.70. The van der Waals surface area contributed by atoms with Crippen LogP contribution in [-0.4, -0.2) is 41.4 Å². The van der Waals surface area contributed by atoms with Crippen LogP contribution in [0.4, 0.5) is 5.69 Å². The van der Waals surface area contributed by atoms with Crippen molar-refractivity contribution in [3.63, 3.8) is 0 Å². The average molecular weight is 222 g/mol. The summed E-state index contributed by atoms with van der Waals surface area (Å²) in [4.78, 5) is 2.43. The summed E-state index contributed by atoms with van der Waals surface area (Å²) >= 11 is 0. The van der Waals surface area contributed by atoms with E-state index in [-0.39, 0.29) is 4.97 Å². The maximum Gasteiger partial charge on any atom is 0.230 e. The molecule has 0 bridgehead atoms. The molecular weight excluding hydrogens is 208 g/mol. The second kappa shape index (κ2) is 4.69. The molecular formula is C10H14N4O2. The number of benzene rings is 1. The van der Waals surface area contributed by atoms with E-state index < -0.39 is 0 Å². The molecule has 2 rings (SSSR count). The van der Waals surface area contributed by atoms with Crippen molar-refractivity contribution in [1.82, 2.24) is 5.01 Å². The second-order valence-corrected chi connectivity index (χ2v) is 3.62. The predicted octanol–water partition coefficient (Wildman–Crippen LogP) is 1.08. The topological polar surface area (TPSA) is 65.1 Å². The zero-order valence-corrected chi connectivity index (χ0v) is 8.86. The van der Waals surface area contributed by atoms with E-state index in [9.17, 15) is 5.21 Å². The van der Waals surface area contributed by atoms with Crippen molar-refractivity contribution in [3.8, 4) is 0 Å². The first-order valence-electron chi connectivity index (χ1n) is 5.18. The van der Waals surface area contributed by atoms with Gasteiger partial charge in [0.1, 0.15) is 0 Å². The number of para-hydroxylation sites is 1. The summed E-state index contributed by atoms with van der Waals surface area (Å²) in [6.45, 7) is 2.61. The van der Waals surface area contributed by atoms with Crippen LogP contribution in [0.1, 0.15) is 0 Å². The van der Waals surface area contributed by atoms with Crippen LogP contribution in [0, 0.1) is 5.21 Å². The largest absolute Gasteiger partial charge is 0.569 e. The van der Waals surface area contributed by atoms with Gasteiger partial charge in [0.25, 0.3) is 0 Å². The molecule has 6 heteroatoms. The lowest BCUT2D eigenvalue weighted by atomic mass is 10.2. The normalized spacial score (nSPS) is 17.6. The van der Waals surface area contributed by atoms with Crippen molar-refractivity contribution in [2.75, 3.05) is 31.1 Å². The molecule has 16 heavy (non-hydrogen) atoms. The van der Waals surface area contributed by atoms with E-state index in [1.807, 2.05) is 30.3 Å². The first-order chi connectivity index (χ1) is 7.81. The van der Waals surface area contributed by atoms with Crippen LogP contribution in [0.5, 0.6) is 0 Å². The summed E-state index contributed by atoms with van der Waals surface area (Å²) in [5, 5.41) is 23.4. The van der Waals surface area contributed by atoms with Crippen LogP contribution in [0.25, 0.3) is 0 Å². The summed E-state index contributed by atoms with van der Waals surface area (Å²) in [5.41, 5.74) is 1.15. The highest BCUT2D eigenvalue weighted by molar-refractivity contribution is 5.46. The maximum absolute atomic E-state index is 11.0. The molecule has 86 valence electrons. The van der Waals surface area contributed by atoms with Crippen molar-refractivity contribution < 1.29 is 10.2 Å². The molecule has 0 atom stereocenters. The molecule has 6 nitrogen and oxygen atoms in total. The fourth-order valence-corrected chi connectivity index (χ4v) is 1.82. The number of hydrogen-bond donors (Lipinski definition) is 1. The molecule has 0 radical (unpaired) electrons. The van der Waals surface area contributed by atoms with Crippen molar-refractivity contribution in [2.45, 2.75) is 0 Å². The standard InChI is InChI=1S/C10H14N4O2/c15-11-14(16)13-8-6-12(7-9-13)10-4-2-1-3-5-10/h1-5,15H,6-9H2. The highest BCUT2D eigenvalue weighted by Gasteiger charge is 2.21. The Kier molecular flexibility index (Phi) is 3.09. The van der Waals surface area contributed by atoms with Crippen molar-refractivity contribution in [2.24, 2.45) is 5.28 Å². The van der Waals surface area contributed by atoms with Gasteiger partial charge in [-0.1, -0.05) is 18.2 Å². The van der Waals surface area contributed by atoms with Gasteiger partial charge >= 0.3 is 0 Å². The Hall–Kier alpha value is -1.98. The molecule has 1 fully saturated rings. The van der Waals surface area contributed by atoms with Crippen molar-refractivity contribution in [1.29, 1.82) is 0 Å². The summed E-state index contributed by atoms with van der Waals surface area (Å²) < 4.78 is 0. The van der Waals surface area contributed by atoms with Gasteiger partial charge in [0.15, 0.2) is 0 Å². The van der Waals surface area contributed by atoms with Gasteiger partial charge in [-0.2, -0.15) is 0 Å². The Balaban J connectivity index is 1.96. The van der Waals surface area contributed by atoms with E-state index in [1.165, 1.54) is 5.01 Å². The smallest absolute Gasteiger partial charge is 0.230 e. The molecule has 0 aliphatic carbocycles. The Bertz CT molecular complexity index is 360. The lowest BCUT2D eigenvalue weighted by Gasteiger charge is -2.32. The average Bonchev–Trinajstić information content (AvgIpc) is 2.39. The van der Waals surface area contributed by atoms with Gasteiger partial charge in [-0.25, -0.2) is 0 Å². The summed E-state index contributed by atoms with van der Waals surface area (Å²) in [5.74, 6) is 0. The van der Waals surface area contributed by atoms with Crippen molar-refractivity contribution in [3.05, 3.63) is 35.5 Å². The quantitative estimate of drug-likeness (QED) is 0.462. The zero-order chi connectivity index (χ0) is 11.4. The monoisotopic (exact) mass is 222 g/mol. The molecule has 1 aliphatic heterocycles. The number of piperazine rings is 1. The summed E-state index contributed by atoms with van der Waals surface area (Å²) in [6.07, 6.45) is 0. The van der Waals surface area contributed by atoms with Gasteiger partial charge in [-0.3, -0.25) is 0 Å². The fraction of sp³-hybridized carbons (Fsp3) is 0.400. The predicted molar refractivity (Wildman–Crippen MR) is 58.1 cm³/mol. The van der Waals surface area contributed by atoms with Gasteiger partial charge in [-0.05, 0) is 12.1 Å². The van der Waals surface area contributed by atoms with Crippen LogP contribution in [0.2, 0.25) is 0 Å². The Labute approximate surface area is 93.5 Å². The van der Waals surface area contributed by atoms with Crippen molar-refractivity contribution >= 4 is 5.69 Å². The molecule has 0 aromatic heterocycles. The Morgan fingerprint density at radius 2 is 1.75 bits per heavy atom. The minimum atomic E-state index is 0.238. The van der Waals surface area contributed by atoms with E-state index >= 15 is 0 Å². The van der Waals surface area contributed by atoms with Gasteiger partial charge in [0.05, 0.1) is 18.1 Å². The van der Waals surface area contributed by atoms with Crippen LogP contribution >= 0.6 is 0 Å². The van der Waals surface area contributed by atoms with Crippen LogP contribution < -0.4 is 4.90 Å². The Morgan fingerprint density at radius 3 is 2.31 bits per heavy atom. The van der Waals surface area contributed by atoms with E-state index in [1.54, 1.807) is 0 Å². The second-order valence-electron chi connectivity index (χ2n) is 3.62. The third kappa shape index (κ3) is 2.16. The number of hydrogen-bond acceptors (Lipinski definition) is 3. The van der Waals surface area contributed by atoms with Gasteiger partial charge in [0.2, 0.25) is 5.28 Å². The molecule has 1 aromatic rings. The highest BCUT2D eigenvalue weighted by Crippen LogP contribution is 2.15. The van der Waals surface area contributed by atoms with Gasteiger partial charge in [0, 0.05) is 18.8 Å². The van der Waals surface area contributed by atoms with E-state index in [0.29, 0.717) is 13.1 Å². The van der Waals surface area contributed by atoms with Crippen LogP contribution in [0.3, 0.4) is 0 Å². The molecule has 0 unspecified atom stereocenters. The first kappa shape index (κ1) is 10.5. The number of anilines is 1. The first-order valence-corrected chi connectivity index (χ1v) is 5.18. The highest BCUT2D eigenvalue weighted by atomic mass is 16.6. The molecule has 0 spiro atoms. The maximum atomic E-state index is 11.0. The molecule has 1 aliphatic rings. The van der Waals surface area contributed by atoms with Crippen LogP contribution in [0.15, 0.2) is 35.6 Å². The number of nitrogens with zero attached hydrogens (tertiary/aromatic N) is 4. The minimum Gasteiger partial charge on any atom is -0.569 e. The summed E-state index contributed by atoms with van der Waals surface area (Å²) in [7, 11) is 0. The SMILES string of the molecule is [O-][N+](=NO)N1CCN(c2ccccc2)CC1. The van der Waals surface area contributed by atoms with E-state index in [0.717, 1.165) is 18.8 Å². The lowest BCUT2D eigenvalue weighted by molar-refractivity contribution is -0.710. The van der Waals surface area contributed by atoms with E-state index in [4.69, 9.17) is 5.21 Å². The molecule has 0 amide bonds. The lowest BCUT2D eigenvalue weighted by Crippen LogP contribution is -2.48. The van der Waals surface area contributed by atoms with Gasteiger partial charge in [-0.15, -0.1) is 5.01 Å². The van der Waals surface area contributed by atoms with E-state index in [2.05, 4.69) is 10.2 Å². The van der Waals surface area contributed by atoms with Gasteiger partial charge < -0.3 is 15.3 Å². The molecule has 0 saturated carbocycles. The molecule has 1 heterocycles. The number of hydrazine groups is 1. The summed E-state index contributed by atoms with van der Waals surface area (Å²) in [6, 6.07) is 10.0. The minimum absolute atomic E-state index is 0.238. The van der Waals surface area contributed by atoms with Crippen LogP contribution in [-0.2, 0) is 0 Å². The molecule has 1 N–H and O–H groups in total. The zero-order valence-electron chi connectivity index (χ0n) is 8.86. The third-order valence-corrected chi connectivity index (χ3v) is 2.70.